The van der Waals surface area contributed by atoms with Crippen LogP contribution in [0, 0.1) is 13.8 Å². The number of carbonyl (C=O) groups excluding carboxylic acids is 1. The zero-order valence-corrected chi connectivity index (χ0v) is 22.1. The number of amides is 1. The third kappa shape index (κ3) is 5.90. The molecule has 0 aliphatic carbocycles. The summed E-state index contributed by atoms with van der Waals surface area (Å²) in [5.74, 6) is -1.29. The SMILES string of the molecule is CCCCCCc1c(C)c2ccc(OCC(=O)NC(Cc3c[nH]c4ccccc34)C(=O)O)c(C)c2oc1=O. The lowest BCUT2D eigenvalue weighted by Crippen LogP contribution is -2.44. The minimum atomic E-state index is -1.13. The number of aryl methyl sites for hydroxylation is 2. The predicted octanol–water partition coefficient (Wildman–Crippen LogP) is 5.20. The van der Waals surface area contributed by atoms with Gasteiger partial charge in [0.15, 0.2) is 6.61 Å². The van der Waals surface area contributed by atoms with Crippen molar-refractivity contribution >= 4 is 33.7 Å². The molecule has 0 bridgehead atoms. The van der Waals surface area contributed by atoms with Crippen molar-refractivity contribution in [1.82, 2.24) is 10.3 Å². The van der Waals surface area contributed by atoms with Crippen molar-refractivity contribution in [2.75, 3.05) is 6.61 Å². The summed E-state index contributed by atoms with van der Waals surface area (Å²) >= 11 is 0. The van der Waals surface area contributed by atoms with Crippen molar-refractivity contribution in [3.8, 4) is 5.75 Å². The highest BCUT2D eigenvalue weighted by Crippen LogP contribution is 2.30. The number of ether oxygens (including phenoxy) is 1. The molecule has 3 N–H and O–H groups in total. The number of unbranched alkanes of at least 4 members (excludes halogenated alkanes) is 3. The Bertz CT molecular complexity index is 1520. The number of carboxylic acids is 1. The molecule has 2 aromatic carbocycles. The number of para-hydroxylation sites is 1. The molecule has 0 saturated heterocycles. The molecule has 0 aliphatic heterocycles. The summed E-state index contributed by atoms with van der Waals surface area (Å²) in [6.45, 7) is 5.48. The maximum Gasteiger partial charge on any atom is 0.339 e. The molecule has 4 aromatic rings. The summed E-state index contributed by atoms with van der Waals surface area (Å²) in [7, 11) is 0. The number of aromatic amines is 1. The van der Waals surface area contributed by atoms with E-state index in [1.54, 1.807) is 19.2 Å². The van der Waals surface area contributed by atoms with Gasteiger partial charge in [0, 0.05) is 40.0 Å². The standard InChI is InChI=1S/C30H34N2O6/c1-4-5-6-7-10-22-18(2)21-13-14-26(19(3)28(21)38-30(22)36)37-17-27(33)32-25(29(34)35)15-20-16-31-24-12-9-8-11-23(20)24/h8-9,11-14,16,25,31H,4-7,10,15,17H2,1-3H3,(H,32,33)(H,34,35). The van der Waals surface area contributed by atoms with Crippen LogP contribution >= 0.6 is 0 Å². The Morgan fingerprint density at radius 2 is 1.84 bits per heavy atom. The summed E-state index contributed by atoms with van der Waals surface area (Å²) in [5.41, 5.74) is 4.02. The van der Waals surface area contributed by atoms with Gasteiger partial charge >= 0.3 is 11.6 Å². The van der Waals surface area contributed by atoms with Crippen LogP contribution in [0.2, 0.25) is 0 Å². The lowest BCUT2D eigenvalue weighted by Gasteiger charge is -2.16. The van der Waals surface area contributed by atoms with E-state index in [1.165, 1.54) is 0 Å². The molecule has 0 radical (unpaired) electrons. The molecule has 8 heteroatoms. The van der Waals surface area contributed by atoms with Crippen molar-refractivity contribution in [3.05, 3.63) is 75.3 Å². The van der Waals surface area contributed by atoms with E-state index in [1.807, 2.05) is 37.3 Å². The Morgan fingerprint density at radius 3 is 2.61 bits per heavy atom. The van der Waals surface area contributed by atoms with Crippen molar-refractivity contribution in [2.24, 2.45) is 0 Å². The zero-order chi connectivity index (χ0) is 27.2. The maximum atomic E-state index is 12.7. The molecule has 0 saturated carbocycles. The molecule has 4 rings (SSSR count). The summed E-state index contributed by atoms with van der Waals surface area (Å²) in [6, 6.07) is 10.1. The zero-order valence-electron chi connectivity index (χ0n) is 22.1. The molecular formula is C30H34N2O6. The van der Waals surface area contributed by atoms with Crippen LogP contribution in [0.15, 0.2) is 51.8 Å². The molecular weight excluding hydrogens is 484 g/mol. The van der Waals surface area contributed by atoms with E-state index in [-0.39, 0.29) is 18.7 Å². The Hall–Kier alpha value is -4.07. The minimum Gasteiger partial charge on any atom is -0.483 e. The molecule has 0 fully saturated rings. The second-order valence-electron chi connectivity index (χ2n) is 9.68. The summed E-state index contributed by atoms with van der Waals surface area (Å²) in [5, 5.41) is 14.0. The van der Waals surface area contributed by atoms with Gasteiger partial charge in [0.2, 0.25) is 0 Å². The second-order valence-corrected chi connectivity index (χ2v) is 9.68. The highest BCUT2D eigenvalue weighted by Gasteiger charge is 2.23. The van der Waals surface area contributed by atoms with Crippen molar-refractivity contribution < 1.29 is 23.8 Å². The first-order chi connectivity index (χ1) is 18.3. The number of carboxylic acid groups (broad SMARTS) is 1. The number of hydrogen-bond donors (Lipinski definition) is 3. The van der Waals surface area contributed by atoms with Gasteiger partial charge in [0.05, 0.1) is 0 Å². The van der Waals surface area contributed by atoms with E-state index in [0.717, 1.165) is 53.1 Å². The number of aromatic nitrogens is 1. The number of H-pyrrole nitrogens is 1. The van der Waals surface area contributed by atoms with Crippen LogP contribution in [0.5, 0.6) is 5.75 Å². The Kier molecular flexibility index (Phi) is 8.51. The van der Waals surface area contributed by atoms with Crippen LogP contribution in [0.25, 0.3) is 21.9 Å². The molecule has 1 unspecified atom stereocenters. The average molecular weight is 519 g/mol. The second kappa shape index (κ2) is 12.0. The van der Waals surface area contributed by atoms with Gasteiger partial charge in [-0.25, -0.2) is 9.59 Å². The molecule has 38 heavy (non-hydrogen) atoms. The Balaban J connectivity index is 1.44. The fourth-order valence-electron chi connectivity index (χ4n) is 4.84. The van der Waals surface area contributed by atoms with Crippen molar-refractivity contribution in [2.45, 2.75) is 65.3 Å². The molecule has 1 amide bonds. The molecule has 200 valence electrons. The molecule has 0 spiro atoms. The summed E-state index contributed by atoms with van der Waals surface area (Å²) in [6.07, 6.45) is 6.86. The number of fused-ring (bicyclic) bond motifs is 2. The number of nitrogens with one attached hydrogen (secondary N) is 2. The number of aliphatic carboxylic acids is 1. The largest absolute Gasteiger partial charge is 0.483 e. The van der Waals surface area contributed by atoms with E-state index in [9.17, 15) is 19.5 Å². The quantitative estimate of drug-likeness (QED) is 0.175. The van der Waals surface area contributed by atoms with E-state index in [0.29, 0.717) is 28.9 Å². The van der Waals surface area contributed by atoms with E-state index in [2.05, 4.69) is 17.2 Å². The van der Waals surface area contributed by atoms with Gasteiger partial charge in [0.1, 0.15) is 17.4 Å². The van der Waals surface area contributed by atoms with Gasteiger partial charge in [-0.15, -0.1) is 0 Å². The van der Waals surface area contributed by atoms with Crippen LogP contribution in [-0.4, -0.2) is 34.6 Å². The smallest absolute Gasteiger partial charge is 0.339 e. The molecule has 0 aliphatic rings. The predicted molar refractivity (Wildman–Crippen MR) is 147 cm³/mol. The number of benzene rings is 2. The average Bonchev–Trinajstić information content (AvgIpc) is 3.30. The first kappa shape index (κ1) is 27.0. The molecule has 2 heterocycles. The van der Waals surface area contributed by atoms with Gasteiger partial charge in [-0.2, -0.15) is 0 Å². The molecule has 8 nitrogen and oxygen atoms in total. The highest BCUT2D eigenvalue weighted by molar-refractivity contribution is 5.88. The highest BCUT2D eigenvalue weighted by atomic mass is 16.5. The fourth-order valence-corrected chi connectivity index (χ4v) is 4.84. The van der Waals surface area contributed by atoms with Crippen LogP contribution in [0.3, 0.4) is 0 Å². The number of rotatable bonds is 12. The van der Waals surface area contributed by atoms with Crippen molar-refractivity contribution in [1.29, 1.82) is 0 Å². The van der Waals surface area contributed by atoms with E-state index in [4.69, 9.17) is 9.15 Å². The summed E-state index contributed by atoms with van der Waals surface area (Å²) in [4.78, 5) is 40.3. The fraction of sp³-hybridized carbons (Fsp3) is 0.367. The maximum absolute atomic E-state index is 12.7. The van der Waals surface area contributed by atoms with Gasteiger partial charge in [-0.05, 0) is 56.0 Å². The van der Waals surface area contributed by atoms with Crippen molar-refractivity contribution in [3.63, 3.8) is 0 Å². The van der Waals surface area contributed by atoms with Crippen LogP contribution in [0.1, 0.15) is 54.9 Å². The monoisotopic (exact) mass is 518 g/mol. The lowest BCUT2D eigenvalue weighted by atomic mass is 9.99. The van der Waals surface area contributed by atoms with Gasteiger partial charge in [-0.3, -0.25) is 4.79 Å². The first-order valence-electron chi connectivity index (χ1n) is 13.1. The van der Waals surface area contributed by atoms with Crippen LogP contribution in [0.4, 0.5) is 0 Å². The molecule has 1 atom stereocenters. The normalized spacial score (nSPS) is 12.1. The van der Waals surface area contributed by atoms with Gasteiger partial charge < -0.3 is 24.6 Å². The number of carbonyl (C=O) groups is 2. The third-order valence-electron chi connectivity index (χ3n) is 7.03. The van der Waals surface area contributed by atoms with Gasteiger partial charge in [-0.1, -0.05) is 44.4 Å². The Morgan fingerprint density at radius 1 is 1.05 bits per heavy atom. The lowest BCUT2D eigenvalue weighted by molar-refractivity contribution is -0.142. The minimum absolute atomic E-state index is 0.130. The topological polar surface area (TPSA) is 122 Å². The van der Waals surface area contributed by atoms with Gasteiger partial charge in [0.25, 0.3) is 5.91 Å². The third-order valence-corrected chi connectivity index (χ3v) is 7.03. The van der Waals surface area contributed by atoms with Crippen LogP contribution < -0.4 is 15.7 Å². The van der Waals surface area contributed by atoms with Crippen LogP contribution in [-0.2, 0) is 22.4 Å². The Labute approximate surface area is 221 Å². The summed E-state index contributed by atoms with van der Waals surface area (Å²) < 4.78 is 11.4. The molecule has 2 aromatic heterocycles. The first-order valence-corrected chi connectivity index (χ1v) is 13.1. The number of hydrogen-bond acceptors (Lipinski definition) is 5. The van der Waals surface area contributed by atoms with E-state index < -0.39 is 17.9 Å². The van der Waals surface area contributed by atoms with E-state index >= 15 is 0 Å².